The molecule has 0 aliphatic carbocycles. The number of para-hydroxylation sites is 1. The highest BCUT2D eigenvalue weighted by Crippen LogP contribution is 2.20. The Labute approximate surface area is 129 Å². The molecule has 21 heavy (non-hydrogen) atoms. The number of hydrogen-bond acceptors (Lipinski definition) is 3. The molecule has 1 saturated heterocycles. The molecular weight excluding hydrogens is 260 g/mol. The summed E-state index contributed by atoms with van der Waals surface area (Å²) in [6.07, 6.45) is 3.92. The van der Waals surface area contributed by atoms with E-state index < -0.39 is 0 Å². The van der Waals surface area contributed by atoms with Crippen LogP contribution in [0.5, 0.6) is 0 Å². The summed E-state index contributed by atoms with van der Waals surface area (Å²) < 4.78 is 5.82. The third-order valence-electron chi connectivity index (χ3n) is 4.36. The van der Waals surface area contributed by atoms with E-state index in [2.05, 4.69) is 61.4 Å². The Kier molecular flexibility index (Phi) is 6.52. The molecule has 2 atom stereocenters. The third-order valence-corrected chi connectivity index (χ3v) is 4.36. The van der Waals surface area contributed by atoms with Crippen LogP contribution >= 0.6 is 0 Å². The smallest absolute Gasteiger partial charge is 0.0612 e. The zero-order valence-corrected chi connectivity index (χ0v) is 13.7. The van der Waals surface area contributed by atoms with Gasteiger partial charge in [0.05, 0.1) is 6.10 Å². The van der Waals surface area contributed by atoms with E-state index in [0.29, 0.717) is 18.1 Å². The Morgan fingerprint density at radius 3 is 2.76 bits per heavy atom. The van der Waals surface area contributed by atoms with Crippen LogP contribution in [0, 0.1) is 5.92 Å². The van der Waals surface area contributed by atoms with Crippen LogP contribution in [0.4, 0.5) is 5.69 Å². The van der Waals surface area contributed by atoms with Gasteiger partial charge in [0.1, 0.15) is 0 Å². The highest BCUT2D eigenvalue weighted by molar-refractivity contribution is 5.44. The van der Waals surface area contributed by atoms with Crippen LogP contribution in [0.15, 0.2) is 30.3 Å². The van der Waals surface area contributed by atoms with Gasteiger partial charge >= 0.3 is 0 Å². The summed E-state index contributed by atoms with van der Waals surface area (Å²) >= 11 is 0. The Morgan fingerprint density at radius 2 is 2.05 bits per heavy atom. The summed E-state index contributed by atoms with van der Waals surface area (Å²) in [5, 5.41) is 3.71. The molecule has 1 aromatic carbocycles. The molecule has 1 N–H and O–H groups in total. The lowest BCUT2D eigenvalue weighted by molar-refractivity contribution is -0.0242. The van der Waals surface area contributed by atoms with E-state index in [0.717, 1.165) is 32.5 Å². The zero-order valence-electron chi connectivity index (χ0n) is 13.7. The van der Waals surface area contributed by atoms with Gasteiger partial charge in [-0.3, -0.25) is 0 Å². The Morgan fingerprint density at radius 1 is 1.29 bits per heavy atom. The van der Waals surface area contributed by atoms with Crippen LogP contribution in [0.2, 0.25) is 0 Å². The molecule has 2 unspecified atom stereocenters. The lowest BCUT2D eigenvalue weighted by Gasteiger charge is -2.32. The Hall–Kier alpha value is -1.06. The molecule has 0 spiro atoms. The average Bonchev–Trinajstić information content (AvgIpc) is 2.52. The molecule has 118 valence electrons. The maximum absolute atomic E-state index is 5.82. The normalized spacial score (nSPS) is 22.5. The van der Waals surface area contributed by atoms with E-state index in [9.17, 15) is 0 Å². The number of benzene rings is 1. The Balaban J connectivity index is 1.63. The predicted molar refractivity (Wildman–Crippen MR) is 89.9 cm³/mol. The van der Waals surface area contributed by atoms with Gasteiger partial charge in [0.15, 0.2) is 0 Å². The molecule has 2 rings (SSSR count). The first-order valence-corrected chi connectivity index (χ1v) is 8.28. The molecular formula is C18H30N2O. The summed E-state index contributed by atoms with van der Waals surface area (Å²) in [5.74, 6) is 0.624. The van der Waals surface area contributed by atoms with Crippen molar-refractivity contribution in [2.24, 2.45) is 5.92 Å². The van der Waals surface area contributed by atoms with Gasteiger partial charge in [-0.25, -0.2) is 0 Å². The number of rotatable bonds is 7. The van der Waals surface area contributed by atoms with Crippen LogP contribution in [-0.4, -0.2) is 38.9 Å². The second-order valence-corrected chi connectivity index (χ2v) is 6.44. The fourth-order valence-corrected chi connectivity index (χ4v) is 2.91. The quantitative estimate of drug-likeness (QED) is 0.780. The molecule has 3 heteroatoms. The van der Waals surface area contributed by atoms with Crippen molar-refractivity contribution in [1.29, 1.82) is 0 Å². The van der Waals surface area contributed by atoms with Crippen molar-refractivity contribution >= 4 is 5.69 Å². The monoisotopic (exact) mass is 290 g/mol. The fourth-order valence-electron chi connectivity index (χ4n) is 2.91. The van der Waals surface area contributed by atoms with Crippen molar-refractivity contribution in [1.82, 2.24) is 5.32 Å². The van der Waals surface area contributed by atoms with Gasteiger partial charge in [0, 0.05) is 31.9 Å². The zero-order chi connectivity index (χ0) is 15.1. The average molecular weight is 290 g/mol. The molecule has 0 radical (unpaired) electrons. The number of nitrogens with one attached hydrogen (secondary N) is 1. The Bertz CT molecular complexity index is 393. The van der Waals surface area contributed by atoms with E-state index in [4.69, 9.17) is 4.74 Å². The van der Waals surface area contributed by atoms with Crippen LogP contribution < -0.4 is 10.2 Å². The van der Waals surface area contributed by atoms with Crippen molar-refractivity contribution in [3.63, 3.8) is 0 Å². The summed E-state index contributed by atoms with van der Waals surface area (Å²) in [5.41, 5.74) is 1.29. The van der Waals surface area contributed by atoms with Gasteiger partial charge < -0.3 is 15.0 Å². The van der Waals surface area contributed by atoms with E-state index in [-0.39, 0.29) is 0 Å². The minimum Gasteiger partial charge on any atom is -0.378 e. The van der Waals surface area contributed by atoms with Crippen molar-refractivity contribution in [2.75, 3.05) is 31.6 Å². The summed E-state index contributed by atoms with van der Waals surface area (Å²) in [6, 6.07) is 11.2. The maximum Gasteiger partial charge on any atom is 0.0612 e. The van der Waals surface area contributed by atoms with E-state index in [1.807, 2.05) is 0 Å². The van der Waals surface area contributed by atoms with Crippen LogP contribution in [-0.2, 0) is 4.74 Å². The first-order valence-electron chi connectivity index (χ1n) is 8.28. The standard InChI is InChI=1S/C18H30N2O/c1-15(2)18-14-16(10-13-21-18)19-11-7-12-20(3)17-8-5-4-6-9-17/h4-6,8-9,15-16,18-19H,7,10-14H2,1-3H3. The molecule has 1 aliphatic rings. The highest BCUT2D eigenvalue weighted by Gasteiger charge is 2.24. The van der Waals surface area contributed by atoms with Crippen molar-refractivity contribution in [3.8, 4) is 0 Å². The summed E-state index contributed by atoms with van der Waals surface area (Å²) in [7, 11) is 2.17. The van der Waals surface area contributed by atoms with Crippen molar-refractivity contribution in [3.05, 3.63) is 30.3 Å². The topological polar surface area (TPSA) is 24.5 Å². The minimum atomic E-state index is 0.434. The third kappa shape index (κ3) is 5.33. The fraction of sp³-hybridized carbons (Fsp3) is 0.667. The molecule has 1 fully saturated rings. The second kappa shape index (κ2) is 8.40. The molecule has 0 aromatic heterocycles. The van der Waals surface area contributed by atoms with Gasteiger partial charge in [0.25, 0.3) is 0 Å². The van der Waals surface area contributed by atoms with E-state index in [1.165, 1.54) is 12.1 Å². The van der Waals surface area contributed by atoms with Crippen LogP contribution in [0.1, 0.15) is 33.1 Å². The lowest BCUT2D eigenvalue weighted by Crippen LogP contribution is -2.41. The maximum atomic E-state index is 5.82. The van der Waals surface area contributed by atoms with E-state index in [1.54, 1.807) is 0 Å². The predicted octanol–water partition coefficient (Wildman–Crippen LogP) is 3.31. The SMILES string of the molecule is CC(C)C1CC(NCCCN(C)c2ccccc2)CCO1. The molecule has 0 amide bonds. The van der Waals surface area contributed by atoms with Gasteiger partial charge in [-0.1, -0.05) is 32.0 Å². The van der Waals surface area contributed by atoms with Gasteiger partial charge in [-0.2, -0.15) is 0 Å². The van der Waals surface area contributed by atoms with E-state index >= 15 is 0 Å². The van der Waals surface area contributed by atoms with Gasteiger partial charge in [0.2, 0.25) is 0 Å². The molecule has 0 saturated carbocycles. The second-order valence-electron chi connectivity index (χ2n) is 6.44. The molecule has 1 heterocycles. The highest BCUT2D eigenvalue weighted by atomic mass is 16.5. The van der Waals surface area contributed by atoms with Crippen LogP contribution in [0.3, 0.4) is 0 Å². The summed E-state index contributed by atoms with van der Waals surface area (Å²) in [4.78, 5) is 2.32. The first kappa shape index (κ1) is 16.3. The number of hydrogen-bond donors (Lipinski definition) is 1. The lowest BCUT2D eigenvalue weighted by atomic mass is 9.95. The van der Waals surface area contributed by atoms with Crippen molar-refractivity contribution in [2.45, 2.75) is 45.3 Å². The number of anilines is 1. The molecule has 1 aliphatic heterocycles. The minimum absolute atomic E-state index is 0.434. The van der Waals surface area contributed by atoms with Crippen LogP contribution in [0.25, 0.3) is 0 Å². The van der Waals surface area contributed by atoms with Gasteiger partial charge in [-0.05, 0) is 43.9 Å². The largest absolute Gasteiger partial charge is 0.378 e. The molecule has 3 nitrogen and oxygen atoms in total. The number of ether oxygens (including phenoxy) is 1. The number of nitrogens with zero attached hydrogens (tertiary/aromatic N) is 1. The molecule has 1 aromatic rings. The van der Waals surface area contributed by atoms with Crippen molar-refractivity contribution < 1.29 is 4.74 Å². The first-order chi connectivity index (χ1) is 10.2. The molecule has 0 bridgehead atoms. The van der Waals surface area contributed by atoms with Gasteiger partial charge in [-0.15, -0.1) is 0 Å². The summed E-state index contributed by atoms with van der Waals surface area (Å²) in [6.45, 7) is 7.59.